The number of anilines is 1. The van der Waals surface area contributed by atoms with Crippen molar-refractivity contribution in [1.29, 1.82) is 0 Å². The summed E-state index contributed by atoms with van der Waals surface area (Å²) in [6.45, 7) is 8.69. The molecule has 6 heteroatoms. The summed E-state index contributed by atoms with van der Waals surface area (Å²) in [5, 5.41) is 15.0. The maximum absolute atomic E-state index is 10.8. The minimum absolute atomic E-state index is 0.0381. The van der Waals surface area contributed by atoms with Crippen molar-refractivity contribution in [1.82, 2.24) is 5.01 Å². The van der Waals surface area contributed by atoms with Gasteiger partial charge in [0.25, 0.3) is 5.69 Å². The van der Waals surface area contributed by atoms with Crippen molar-refractivity contribution in [2.24, 2.45) is 0 Å². The van der Waals surface area contributed by atoms with E-state index in [0.29, 0.717) is 5.75 Å². The first-order chi connectivity index (χ1) is 9.08. The highest BCUT2D eigenvalue weighted by Gasteiger charge is 2.18. The third-order valence-corrected chi connectivity index (χ3v) is 3.02. The minimum Gasteiger partial charge on any atom is -0.494 e. The highest BCUT2D eigenvalue weighted by Crippen LogP contribution is 2.32. The van der Waals surface area contributed by atoms with Crippen LogP contribution in [0.5, 0.6) is 5.75 Å². The molecule has 0 atom stereocenters. The normalized spacial score (nSPS) is 10.6. The van der Waals surface area contributed by atoms with Crippen LogP contribution in [0.15, 0.2) is 18.2 Å². The lowest BCUT2D eigenvalue weighted by atomic mass is 10.2. The lowest BCUT2D eigenvalue weighted by Crippen LogP contribution is -2.42. The molecule has 0 bridgehead atoms. The van der Waals surface area contributed by atoms with Crippen LogP contribution in [0.1, 0.15) is 20.8 Å². The number of hydrogen-bond acceptors (Lipinski definition) is 5. The predicted octanol–water partition coefficient (Wildman–Crippen LogP) is 2.69. The monoisotopic (exact) mass is 267 g/mol. The third kappa shape index (κ3) is 3.35. The Hall–Kier alpha value is -1.82. The minimum atomic E-state index is -0.417. The summed E-state index contributed by atoms with van der Waals surface area (Å²) >= 11 is 0. The van der Waals surface area contributed by atoms with E-state index < -0.39 is 4.92 Å². The van der Waals surface area contributed by atoms with E-state index in [1.807, 2.05) is 6.92 Å². The standard InChI is InChI=1S/C13H21N3O3/c1-5-14(6-2)15(7-3)12-9-8-11(16(17)18)10-13(12)19-4/h8-10H,5-7H2,1-4H3. The Bertz CT molecular complexity index is 433. The summed E-state index contributed by atoms with van der Waals surface area (Å²) in [5.74, 6) is 0.517. The number of methoxy groups -OCH3 is 1. The number of hydrazine groups is 1. The molecule has 0 heterocycles. The van der Waals surface area contributed by atoms with Gasteiger partial charge < -0.3 is 9.75 Å². The van der Waals surface area contributed by atoms with Crippen LogP contribution in [0.2, 0.25) is 0 Å². The van der Waals surface area contributed by atoms with Crippen molar-refractivity contribution in [3.05, 3.63) is 28.3 Å². The molecular formula is C13H21N3O3. The summed E-state index contributed by atoms with van der Waals surface area (Å²) in [7, 11) is 1.53. The van der Waals surface area contributed by atoms with Gasteiger partial charge in [0.05, 0.1) is 23.8 Å². The van der Waals surface area contributed by atoms with Gasteiger partial charge in [-0.3, -0.25) is 10.1 Å². The molecule has 106 valence electrons. The molecule has 0 amide bonds. The Balaban J connectivity index is 3.20. The molecule has 0 aliphatic rings. The zero-order valence-electron chi connectivity index (χ0n) is 11.9. The number of nitrogens with zero attached hydrogens (tertiary/aromatic N) is 3. The van der Waals surface area contributed by atoms with Gasteiger partial charge in [-0.05, 0) is 13.0 Å². The number of non-ortho nitro benzene ring substituents is 1. The van der Waals surface area contributed by atoms with E-state index in [0.717, 1.165) is 25.3 Å². The van der Waals surface area contributed by atoms with Crippen LogP contribution in [0, 0.1) is 10.1 Å². The van der Waals surface area contributed by atoms with Crippen molar-refractivity contribution < 1.29 is 9.66 Å². The van der Waals surface area contributed by atoms with Gasteiger partial charge in [-0.25, -0.2) is 5.01 Å². The predicted molar refractivity (Wildman–Crippen MR) is 75.6 cm³/mol. The number of ether oxygens (including phenoxy) is 1. The van der Waals surface area contributed by atoms with Crippen LogP contribution in [0.4, 0.5) is 11.4 Å². The molecule has 0 spiro atoms. The fourth-order valence-corrected chi connectivity index (χ4v) is 2.08. The highest BCUT2D eigenvalue weighted by molar-refractivity contribution is 5.61. The van der Waals surface area contributed by atoms with Gasteiger partial charge in [0.1, 0.15) is 5.75 Å². The molecule has 0 saturated heterocycles. The molecule has 0 saturated carbocycles. The number of hydrogen-bond donors (Lipinski definition) is 0. The van der Waals surface area contributed by atoms with E-state index in [4.69, 9.17) is 4.74 Å². The zero-order chi connectivity index (χ0) is 14.4. The Kier molecular flexibility index (Phi) is 5.57. The fourth-order valence-electron chi connectivity index (χ4n) is 2.08. The van der Waals surface area contributed by atoms with E-state index in [2.05, 4.69) is 23.9 Å². The van der Waals surface area contributed by atoms with Crippen LogP contribution >= 0.6 is 0 Å². The topological polar surface area (TPSA) is 58.9 Å². The molecule has 0 radical (unpaired) electrons. The Morgan fingerprint density at radius 1 is 1.21 bits per heavy atom. The van der Waals surface area contributed by atoms with E-state index in [1.165, 1.54) is 19.2 Å². The van der Waals surface area contributed by atoms with E-state index in [1.54, 1.807) is 6.07 Å². The second-order valence-electron chi connectivity index (χ2n) is 3.97. The van der Waals surface area contributed by atoms with E-state index in [9.17, 15) is 10.1 Å². The lowest BCUT2D eigenvalue weighted by molar-refractivity contribution is -0.384. The first-order valence-electron chi connectivity index (χ1n) is 6.43. The van der Waals surface area contributed by atoms with Crippen molar-refractivity contribution in [3.8, 4) is 5.75 Å². The first kappa shape index (κ1) is 15.2. The van der Waals surface area contributed by atoms with Crippen molar-refractivity contribution >= 4 is 11.4 Å². The second kappa shape index (κ2) is 6.94. The summed E-state index contributed by atoms with van der Waals surface area (Å²) in [6.07, 6.45) is 0. The summed E-state index contributed by atoms with van der Waals surface area (Å²) < 4.78 is 5.29. The van der Waals surface area contributed by atoms with Crippen LogP contribution in [-0.4, -0.2) is 36.7 Å². The molecule has 1 rings (SSSR count). The molecule has 6 nitrogen and oxygen atoms in total. The van der Waals surface area contributed by atoms with Crippen molar-refractivity contribution in [2.45, 2.75) is 20.8 Å². The molecular weight excluding hydrogens is 246 g/mol. The molecule has 0 aromatic heterocycles. The average molecular weight is 267 g/mol. The average Bonchev–Trinajstić information content (AvgIpc) is 2.43. The van der Waals surface area contributed by atoms with Crippen molar-refractivity contribution in [2.75, 3.05) is 31.8 Å². The zero-order valence-corrected chi connectivity index (χ0v) is 11.9. The van der Waals surface area contributed by atoms with Gasteiger partial charge in [0.2, 0.25) is 0 Å². The van der Waals surface area contributed by atoms with Crippen molar-refractivity contribution in [3.63, 3.8) is 0 Å². The SMILES string of the molecule is CCN(CC)N(CC)c1ccc([N+](=O)[O-])cc1OC. The number of nitro benzene ring substituents is 1. The molecule has 19 heavy (non-hydrogen) atoms. The fraction of sp³-hybridized carbons (Fsp3) is 0.538. The van der Waals surface area contributed by atoms with Gasteiger partial charge in [-0.1, -0.05) is 13.8 Å². The van der Waals surface area contributed by atoms with Gasteiger partial charge >= 0.3 is 0 Å². The summed E-state index contributed by atoms with van der Waals surface area (Å²) in [4.78, 5) is 10.4. The Labute approximate surface area is 113 Å². The maximum Gasteiger partial charge on any atom is 0.273 e. The van der Waals surface area contributed by atoms with Crippen LogP contribution in [0.3, 0.4) is 0 Å². The lowest BCUT2D eigenvalue weighted by Gasteiger charge is -2.35. The highest BCUT2D eigenvalue weighted by atomic mass is 16.6. The molecule has 0 fully saturated rings. The van der Waals surface area contributed by atoms with Gasteiger partial charge in [-0.2, -0.15) is 0 Å². The van der Waals surface area contributed by atoms with Gasteiger partial charge in [0, 0.05) is 25.7 Å². The first-order valence-corrected chi connectivity index (χ1v) is 6.43. The van der Waals surface area contributed by atoms with Crippen LogP contribution in [0.25, 0.3) is 0 Å². The van der Waals surface area contributed by atoms with Gasteiger partial charge in [-0.15, -0.1) is 0 Å². The summed E-state index contributed by atoms with van der Waals surface area (Å²) in [5.41, 5.74) is 0.885. The van der Waals surface area contributed by atoms with Crippen LogP contribution < -0.4 is 9.75 Å². The number of benzene rings is 1. The number of nitro groups is 1. The van der Waals surface area contributed by atoms with E-state index in [-0.39, 0.29) is 5.69 Å². The smallest absolute Gasteiger partial charge is 0.273 e. The molecule has 0 N–H and O–H groups in total. The molecule has 0 unspecified atom stereocenters. The second-order valence-corrected chi connectivity index (χ2v) is 3.97. The largest absolute Gasteiger partial charge is 0.494 e. The molecule has 1 aromatic carbocycles. The Morgan fingerprint density at radius 2 is 1.84 bits per heavy atom. The quantitative estimate of drug-likeness (QED) is 0.561. The maximum atomic E-state index is 10.8. The Morgan fingerprint density at radius 3 is 2.26 bits per heavy atom. The summed E-state index contributed by atoms with van der Waals surface area (Å²) in [6, 6.07) is 4.70. The molecule has 0 aliphatic carbocycles. The third-order valence-electron chi connectivity index (χ3n) is 3.02. The van der Waals surface area contributed by atoms with E-state index >= 15 is 0 Å². The number of rotatable bonds is 7. The molecule has 0 aliphatic heterocycles. The van der Waals surface area contributed by atoms with Crippen LogP contribution in [-0.2, 0) is 0 Å². The molecule has 1 aromatic rings. The van der Waals surface area contributed by atoms with Gasteiger partial charge in [0.15, 0.2) is 0 Å².